The zero-order chi connectivity index (χ0) is 16.1. The van der Waals surface area contributed by atoms with Crippen LogP contribution in [0, 0.1) is 0 Å². The number of aromatic nitrogens is 2. The molecule has 1 rings (SSSR count). The van der Waals surface area contributed by atoms with Crippen LogP contribution in [0.4, 0.5) is 13.2 Å². The van der Waals surface area contributed by atoms with Crippen molar-refractivity contribution in [2.24, 2.45) is 0 Å². The van der Waals surface area contributed by atoms with Crippen molar-refractivity contribution in [1.29, 1.82) is 0 Å². The second kappa shape index (κ2) is 7.23. The Morgan fingerprint density at radius 1 is 1.33 bits per heavy atom. The van der Waals surface area contributed by atoms with E-state index in [-0.39, 0.29) is 4.90 Å². The van der Waals surface area contributed by atoms with E-state index in [9.17, 15) is 21.6 Å². The number of alkyl halides is 3. The molecule has 0 spiro atoms. The van der Waals surface area contributed by atoms with Crippen LogP contribution in [-0.2, 0) is 16.6 Å². The lowest BCUT2D eigenvalue weighted by atomic mass is 10.4. The first-order valence-electron chi connectivity index (χ1n) is 6.42. The smallest absolute Gasteiger partial charge is 0.313 e. The number of hydrogen-bond acceptors (Lipinski definition) is 4. The maximum absolute atomic E-state index is 12.0. The average molecular weight is 328 g/mol. The fourth-order valence-corrected chi connectivity index (χ4v) is 2.47. The predicted octanol–water partition coefficient (Wildman–Crippen LogP) is 1.11. The first-order valence-corrected chi connectivity index (χ1v) is 7.91. The highest BCUT2D eigenvalue weighted by Gasteiger charge is 2.27. The largest absolute Gasteiger partial charge is 0.390 e. The second-order valence-corrected chi connectivity index (χ2v) is 6.58. The van der Waals surface area contributed by atoms with Crippen molar-refractivity contribution in [3.63, 3.8) is 0 Å². The Bertz CT molecular complexity index is 540. The van der Waals surface area contributed by atoms with Gasteiger partial charge in [0.05, 0.1) is 19.2 Å². The molecule has 21 heavy (non-hydrogen) atoms. The summed E-state index contributed by atoms with van der Waals surface area (Å²) in [6, 6.07) is 0.299. The lowest BCUT2D eigenvalue weighted by molar-refractivity contribution is -0.132. The lowest BCUT2D eigenvalue weighted by Gasteiger charge is -2.08. The second-order valence-electron chi connectivity index (χ2n) is 4.81. The van der Waals surface area contributed by atoms with Gasteiger partial charge in [-0.2, -0.15) is 18.3 Å². The molecular weight excluding hydrogens is 309 g/mol. The number of halogens is 3. The fraction of sp³-hybridized carbons (Fsp3) is 0.727. The van der Waals surface area contributed by atoms with Gasteiger partial charge in [0.1, 0.15) is 4.90 Å². The summed E-state index contributed by atoms with van der Waals surface area (Å²) >= 11 is 0. The summed E-state index contributed by atoms with van der Waals surface area (Å²) in [5.41, 5.74) is 0. The minimum atomic E-state index is -4.39. The molecule has 122 valence electrons. The Kier molecular flexibility index (Phi) is 6.17. The van der Waals surface area contributed by atoms with Crippen molar-refractivity contribution in [1.82, 2.24) is 19.8 Å². The van der Waals surface area contributed by atoms with Gasteiger partial charge in [0.25, 0.3) is 0 Å². The summed E-state index contributed by atoms with van der Waals surface area (Å²) in [4.78, 5) is -0.144. The molecule has 0 radical (unpaired) electrons. The highest BCUT2D eigenvalue weighted by atomic mass is 32.2. The molecule has 0 aliphatic rings. The van der Waals surface area contributed by atoms with Crippen LogP contribution in [-0.4, -0.2) is 43.5 Å². The summed E-state index contributed by atoms with van der Waals surface area (Å²) < 4.78 is 62.8. The summed E-state index contributed by atoms with van der Waals surface area (Å²) in [5.74, 6) is 0. The quantitative estimate of drug-likeness (QED) is 0.750. The van der Waals surface area contributed by atoms with Gasteiger partial charge in [0.2, 0.25) is 10.0 Å². The van der Waals surface area contributed by atoms with Gasteiger partial charge in [0, 0.05) is 25.3 Å². The summed E-state index contributed by atoms with van der Waals surface area (Å²) in [5, 5.41) is 7.01. The molecule has 1 aromatic heterocycles. The Hall–Kier alpha value is -1.13. The van der Waals surface area contributed by atoms with Crippen LogP contribution >= 0.6 is 0 Å². The summed E-state index contributed by atoms with van der Waals surface area (Å²) in [6.45, 7) is 4.34. The molecular formula is C11H19F3N4O2S. The third-order valence-electron chi connectivity index (χ3n) is 2.51. The normalized spacial score (nSPS) is 13.0. The average Bonchev–Trinajstić information content (AvgIpc) is 2.75. The van der Waals surface area contributed by atoms with Gasteiger partial charge in [-0.25, -0.2) is 13.1 Å². The number of sulfonamides is 1. The molecule has 1 aromatic rings. The van der Waals surface area contributed by atoms with Crippen molar-refractivity contribution in [2.45, 2.75) is 43.9 Å². The predicted molar refractivity (Wildman–Crippen MR) is 71.2 cm³/mol. The van der Waals surface area contributed by atoms with E-state index in [0.717, 1.165) is 6.20 Å². The first kappa shape index (κ1) is 17.9. The van der Waals surface area contributed by atoms with Gasteiger partial charge >= 0.3 is 6.18 Å². The molecule has 0 aliphatic heterocycles. The minimum absolute atomic E-state index is 0.144. The lowest BCUT2D eigenvalue weighted by Crippen LogP contribution is -2.28. The maximum Gasteiger partial charge on any atom is 0.390 e. The standard InChI is InChI=1S/C11H19F3N4O2S/c1-9(2)15-5-6-18-8-10(7-16-18)21(19,20)17-4-3-11(12,13)14/h7-9,15,17H,3-6H2,1-2H3. The van der Waals surface area contributed by atoms with E-state index in [1.165, 1.54) is 10.9 Å². The van der Waals surface area contributed by atoms with Crippen molar-refractivity contribution in [2.75, 3.05) is 13.1 Å². The van der Waals surface area contributed by atoms with Crippen LogP contribution in [0.15, 0.2) is 17.3 Å². The third-order valence-corrected chi connectivity index (χ3v) is 3.93. The number of nitrogens with zero attached hydrogens (tertiary/aromatic N) is 2. The molecule has 0 unspecified atom stereocenters. The molecule has 0 aliphatic carbocycles. The number of hydrogen-bond donors (Lipinski definition) is 2. The summed E-state index contributed by atoms with van der Waals surface area (Å²) in [7, 11) is -3.96. The third kappa shape index (κ3) is 6.91. The van der Waals surface area contributed by atoms with Crippen LogP contribution in [0.5, 0.6) is 0 Å². The van der Waals surface area contributed by atoms with Gasteiger partial charge in [-0.15, -0.1) is 0 Å². The minimum Gasteiger partial charge on any atom is -0.313 e. The fourth-order valence-electron chi connectivity index (χ4n) is 1.48. The molecule has 0 saturated heterocycles. The molecule has 10 heteroatoms. The van der Waals surface area contributed by atoms with Gasteiger partial charge in [0.15, 0.2) is 0 Å². The van der Waals surface area contributed by atoms with E-state index < -0.39 is 29.2 Å². The molecule has 0 saturated carbocycles. The molecule has 6 nitrogen and oxygen atoms in total. The number of nitrogens with one attached hydrogen (secondary N) is 2. The first-order chi connectivity index (χ1) is 9.60. The Morgan fingerprint density at radius 3 is 2.57 bits per heavy atom. The Morgan fingerprint density at radius 2 is 2.00 bits per heavy atom. The van der Waals surface area contributed by atoms with E-state index in [1.54, 1.807) is 0 Å². The van der Waals surface area contributed by atoms with Crippen LogP contribution in [0.3, 0.4) is 0 Å². The molecule has 0 atom stereocenters. The van der Waals surface area contributed by atoms with Gasteiger partial charge in [-0.1, -0.05) is 13.8 Å². The molecule has 0 aromatic carbocycles. The maximum atomic E-state index is 12.0. The number of rotatable bonds is 8. The molecule has 0 bridgehead atoms. The highest BCUT2D eigenvalue weighted by molar-refractivity contribution is 7.89. The zero-order valence-electron chi connectivity index (χ0n) is 11.8. The van der Waals surface area contributed by atoms with Gasteiger partial charge < -0.3 is 5.32 Å². The highest BCUT2D eigenvalue weighted by Crippen LogP contribution is 2.18. The van der Waals surface area contributed by atoms with E-state index in [4.69, 9.17) is 0 Å². The molecule has 1 heterocycles. The van der Waals surface area contributed by atoms with Crippen molar-refractivity contribution >= 4 is 10.0 Å². The van der Waals surface area contributed by atoms with E-state index >= 15 is 0 Å². The van der Waals surface area contributed by atoms with Gasteiger partial charge in [-0.3, -0.25) is 4.68 Å². The van der Waals surface area contributed by atoms with Gasteiger partial charge in [-0.05, 0) is 0 Å². The SMILES string of the molecule is CC(C)NCCn1cc(S(=O)(=O)NCCC(F)(F)F)cn1. The van der Waals surface area contributed by atoms with Crippen molar-refractivity contribution in [3.05, 3.63) is 12.4 Å². The van der Waals surface area contributed by atoms with Crippen LogP contribution < -0.4 is 10.0 Å². The van der Waals surface area contributed by atoms with Crippen molar-refractivity contribution < 1.29 is 21.6 Å². The zero-order valence-corrected chi connectivity index (χ0v) is 12.6. The van der Waals surface area contributed by atoms with E-state index in [0.29, 0.717) is 19.1 Å². The Balaban J connectivity index is 2.54. The monoisotopic (exact) mass is 328 g/mol. The van der Waals surface area contributed by atoms with Crippen LogP contribution in [0.1, 0.15) is 20.3 Å². The summed E-state index contributed by atoms with van der Waals surface area (Å²) in [6.07, 6.45) is -3.20. The van der Waals surface area contributed by atoms with Crippen molar-refractivity contribution in [3.8, 4) is 0 Å². The van der Waals surface area contributed by atoms with E-state index in [1.807, 2.05) is 18.6 Å². The Labute approximate surface area is 121 Å². The van der Waals surface area contributed by atoms with Crippen LogP contribution in [0.2, 0.25) is 0 Å². The molecule has 0 amide bonds. The molecule has 2 N–H and O–H groups in total. The molecule has 0 fully saturated rings. The van der Waals surface area contributed by atoms with E-state index in [2.05, 4.69) is 10.4 Å². The van der Waals surface area contributed by atoms with Crippen LogP contribution in [0.25, 0.3) is 0 Å². The topological polar surface area (TPSA) is 76.0 Å².